The Morgan fingerprint density at radius 2 is 1.79 bits per heavy atom. The van der Waals surface area contributed by atoms with Crippen LogP contribution in [0.4, 0.5) is 5.69 Å². The van der Waals surface area contributed by atoms with E-state index in [1.54, 1.807) is 0 Å². The molecule has 29 heavy (non-hydrogen) atoms. The lowest BCUT2D eigenvalue weighted by molar-refractivity contribution is -0.384. The van der Waals surface area contributed by atoms with Crippen molar-refractivity contribution in [2.75, 3.05) is 6.54 Å². The van der Waals surface area contributed by atoms with Gasteiger partial charge in [-0.1, -0.05) is 48.0 Å². The average Bonchev–Trinajstić information content (AvgIpc) is 2.71. The number of carbonyl (C=O) groups excluding carboxylic acids is 2. The van der Waals surface area contributed by atoms with Crippen molar-refractivity contribution in [1.82, 2.24) is 10.6 Å². The maximum absolute atomic E-state index is 12.2. The lowest BCUT2D eigenvalue weighted by Gasteiger charge is -2.15. The number of carbonyl (C=O) groups is 2. The van der Waals surface area contributed by atoms with Gasteiger partial charge in [-0.2, -0.15) is 0 Å². The van der Waals surface area contributed by atoms with Crippen molar-refractivity contribution in [2.24, 2.45) is 0 Å². The van der Waals surface area contributed by atoms with E-state index in [1.165, 1.54) is 12.1 Å². The third-order valence-electron chi connectivity index (χ3n) is 4.47. The molecule has 1 atom stereocenters. The summed E-state index contributed by atoms with van der Waals surface area (Å²) in [5.74, 6) is -0.972. The van der Waals surface area contributed by atoms with E-state index in [0.29, 0.717) is 0 Å². The topological polar surface area (TPSA) is 101 Å². The predicted octanol–water partition coefficient (Wildman–Crippen LogP) is 4.01. The van der Waals surface area contributed by atoms with Crippen molar-refractivity contribution in [1.29, 1.82) is 0 Å². The fourth-order valence-electron chi connectivity index (χ4n) is 2.91. The fraction of sp³-hybridized carbons (Fsp3) is 0.143. The minimum Gasteiger partial charge on any atom is -0.348 e. The predicted molar refractivity (Wildman–Crippen MR) is 111 cm³/mol. The molecule has 3 aromatic carbocycles. The molecule has 0 aliphatic heterocycles. The molecule has 0 aliphatic carbocycles. The maximum Gasteiger partial charge on any atom is 0.288 e. The standard InChI is InChI=1S/C21H18ClN3O4/c1-13(15-7-6-14-4-2-3-5-16(14)10-15)24-20(26)12-23-21(27)17-8-9-18(22)19(11-17)25(28)29/h2-11,13H,12H2,1H3,(H,23,27)(H,24,26)/t13-/m1/s1. The molecule has 148 valence electrons. The van der Waals surface area contributed by atoms with Crippen LogP contribution in [0, 0.1) is 10.1 Å². The van der Waals surface area contributed by atoms with Crippen molar-refractivity contribution in [3.8, 4) is 0 Å². The van der Waals surface area contributed by atoms with Gasteiger partial charge in [-0.3, -0.25) is 19.7 Å². The van der Waals surface area contributed by atoms with E-state index in [-0.39, 0.29) is 34.8 Å². The largest absolute Gasteiger partial charge is 0.348 e. The van der Waals surface area contributed by atoms with Crippen molar-refractivity contribution < 1.29 is 14.5 Å². The van der Waals surface area contributed by atoms with Crippen LogP contribution in [-0.2, 0) is 4.79 Å². The molecule has 8 heteroatoms. The molecular formula is C21H18ClN3O4. The van der Waals surface area contributed by atoms with Crippen molar-refractivity contribution in [3.63, 3.8) is 0 Å². The van der Waals surface area contributed by atoms with E-state index in [2.05, 4.69) is 10.6 Å². The highest BCUT2D eigenvalue weighted by Crippen LogP contribution is 2.25. The first-order valence-corrected chi connectivity index (χ1v) is 9.23. The summed E-state index contributed by atoms with van der Waals surface area (Å²) in [7, 11) is 0. The molecular weight excluding hydrogens is 394 g/mol. The SMILES string of the molecule is C[C@@H](NC(=O)CNC(=O)c1ccc(Cl)c([N+](=O)[O-])c1)c1ccc2ccccc2c1. The fourth-order valence-corrected chi connectivity index (χ4v) is 3.10. The summed E-state index contributed by atoms with van der Waals surface area (Å²) in [4.78, 5) is 34.6. The highest BCUT2D eigenvalue weighted by molar-refractivity contribution is 6.32. The van der Waals surface area contributed by atoms with Gasteiger partial charge in [-0.05, 0) is 41.5 Å². The third kappa shape index (κ3) is 4.89. The Balaban J connectivity index is 1.59. The zero-order valence-electron chi connectivity index (χ0n) is 15.5. The molecule has 3 rings (SSSR count). The highest BCUT2D eigenvalue weighted by atomic mass is 35.5. The van der Waals surface area contributed by atoms with E-state index in [9.17, 15) is 19.7 Å². The van der Waals surface area contributed by atoms with E-state index < -0.39 is 10.8 Å². The number of hydrogen-bond donors (Lipinski definition) is 2. The van der Waals surface area contributed by atoms with Crippen LogP contribution in [0.3, 0.4) is 0 Å². The van der Waals surface area contributed by atoms with Crippen LogP contribution in [0.2, 0.25) is 5.02 Å². The van der Waals surface area contributed by atoms with Crippen LogP contribution >= 0.6 is 11.6 Å². The van der Waals surface area contributed by atoms with Crippen LogP contribution in [0.25, 0.3) is 10.8 Å². The molecule has 0 unspecified atom stereocenters. The Morgan fingerprint density at radius 3 is 2.52 bits per heavy atom. The maximum atomic E-state index is 12.2. The smallest absolute Gasteiger partial charge is 0.288 e. The molecule has 0 heterocycles. The molecule has 7 nitrogen and oxygen atoms in total. The first-order valence-electron chi connectivity index (χ1n) is 8.85. The van der Waals surface area contributed by atoms with Crippen LogP contribution in [-0.4, -0.2) is 23.3 Å². The zero-order chi connectivity index (χ0) is 21.0. The second-order valence-corrected chi connectivity index (χ2v) is 6.91. The second kappa shape index (κ2) is 8.70. The number of hydrogen-bond acceptors (Lipinski definition) is 4. The number of nitro benzene ring substituents is 1. The Labute approximate surface area is 171 Å². The van der Waals surface area contributed by atoms with Crippen LogP contribution in [0.5, 0.6) is 0 Å². The van der Waals surface area contributed by atoms with Gasteiger partial charge in [0.05, 0.1) is 17.5 Å². The Bertz CT molecular complexity index is 1100. The van der Waals surface area contributed by atoms with Gasteiger partial charge in [0, 0.05) is 11.6 Å². The van der Waals surface area contributed by atoms with Gasteiger partial charge in [-0.15, -0.1) is 0 Å². The van der Waals surface area contributed by atoms with Crippen LogP contribution < -0.4 is 10.6 Å². The number of fused-ring (bicyclic) bond motifs is 1. The number of halogens is 1. The lowest BCUT2D eigenvalue weighted by atomic mass is 10.0. The molecule has 0 fully saturated rings. The molecule has 0 radical (unpaired) electrons. The number of nitro groups is 1. The average molecular weight is 412 g/mol. The Morgan fingerprint density at radius 1 is 1.07 bits per heavy atom. The number of rotatable bonds is 6. The lowest BCUT2D eigenvalue weighted by Crippen LogP contribution is -2.38. The minimum absolute atomic E-state index is 0.0523. The van der Waals surface area contributed by atoms with Gasteiger partial charge >= 0.3 is 0 Å². The van der Waals surface area contributed by atoms with E-state index >= 15 is 0 Å². The summed E-state index contributed by atoms with van der Waals surface area (Å²) in [5, 5.41) is 18.3. The van der Waals surface area contributed by atoms with Crippen LogP contribution in [0.1, 0.15) is 28.9 Å². The zero-order valence-corrected chi connectivity index (χ0v) is 16.3. The van der Waals surface area contributed by atoms with Gasteiger partial charge in [0.25, 0.3) is 11.6 Å². The van der Waals surface area contributed by atoms with Crippen molar-refractivity contribution in [2.45, 2.75) is 13.0 Å². The number of amides is 2. The number of nitrogens with one attached hydrogen (secondary N) is 2. The van der Waals surface area contributed by atoms with Crippen LogP contribution in [0.15, 0.2) is 60.7 Å². The third-order valence-corrected chi connectivity index (χ3v) is 4.79. The Kier molecular flexibility index (Phi) is 6.09. The molecule has 0 spiro atoms. The first kappa shape index (κ1) is 20.3. The molecule has 0 aromatic heterocycles. The van der Waals surface area contributed by atoms with E-state index in [0.717, 1.165) is 22.4 Å². The summed E-state index contributed by atoms with van der Waals surface area (Å²) in [6.45, 7) is 1.60. The van der Waals surface area contributed by atoms with E-state index in [1.807, 2.05) is 49.4 Å². The minimum atomic E-state index is -0.670. The summed E-state index contributed by atoms with van der Waals surface area (Å²) >= 11 is 5.74. The first-order chi connectivity index (χ1) is 13.8. The summed E-state index contributed by atoms with van der Waals surface area (Å²) in [6.07, 6.45) is 0. The number of nitrogens with zero attached hydrogens (tertiary/aromatic N) is 1. The molecule has 0 bridgehead atoms. The highest BCUT2D eigenvalue weighted by Gasteiger charge is 2.17. The van der Waals surface area contributed by atoms with Crippen molar-refractivity contribution >= 4 is 39.9 Å². The van der Waals surface area contributed by atoms with Gasteiger partial charge in [-0.25, -0.2) is 0 Å². The summed E-state index contributed by atoms with van der Waals surface area (Å²) < 4.78 is 0. The van der Waals surface area contributed by atoms with Gasteiger partial charge in [0.1, 0.15) is 5.02 Å². The molecule has 2 N–H and O–H groups in total. The molecule has 0 saturated heterocycles. The second-order valence-electron chi connectivity index (χ2n) is 6.50. The normalized spacial score (nSPS) is 11.7. The monoisotopic (exact) mass is 411 g/mol. The quantitative estimate of drug-likeness (QED) is 0.472. The van der Waals surface area contributed by atoms with Gasteiger partial charge in [0.15, 0.2) is 0 Å². The summed E-state index contributed by atoms with van der Waals surface area (Å²) in [6, 6.07) is 17.3. The number of benzene rings is 3. The Hall–Kier alpha value is -3.45. The molecule has 0 aliphatic rings. The van der Waals surface area contributed by atoms with E-state index in [4.69, 9.17) is 11.6 Å². The van der Waals surface area contributed by atoms with Crippen molar-refractivity contribution in [3.05, 3.63) is 86.9 Å². The van der Waals surface area contributed by atoms with Gasteiger partial charge in [0.2, 0.25) is 5.91 Å². The summed E-state index contributed by atoms with van der Waals surface area (Å²) in [5.41, 5.74) is 0.627. The molecule has 0 saturated carbocycles. The molecule has 2 amide bonds. The van der Waals surface area contributed by atoms with Gasteiger partial charge < -0.3 is 10.6 Å². The molecule has 3 aromatic rings.